The predicted octanol–water partition coefficient (Wildman–Crippen LogP) is 4.96. The van der Waals surface area contributed by atoms with Gasteiger partial charge in [-0.2, -0.15) is 0 Å². The second-order valence-corrected chi connectivity index (χ2v) is 5.44. The normalized spacial score (nSPS) is 12.7. The largest absolute Gasteiger partial charge is 0.461 e. The highest BCUT2D eigenvalue weighted by Gasteiger charge is 2.23. The molecule has 0 saturated heterocycles. The van der Waals surface area contributed by atoms with E-state index in [1.807, 2.05) is 43.4 Å². The summed E-state index contributed by atoms with van der Waals surface area (Å²) in [5, 5.41) is 5.30. The third-order valence-electron chi connectivity index (χ3n) is 3.83. The van der Waals surface area contributed by atoms with Crippen molar-refractivity contribution in [2.75, 3.05) is 7.05 Å². The highest BCUT2D eigenvalue weighted by Crippen LogP contribution is 2.36. The minimum atomic E-state index is 0.0253. The first-order valence-electron chi connectivity index (χ1n) is 7.18. The molecule has 0 saturated carbocycles. The number of hydrogen-bond acceptors (Lipinski definition) is 2. The Bertz CT molecular complexity index is 763. The summed E-state index contributed by atoms with van der Waals surface area (Å²) in [5.74, 6) is 1.01. The zero-order valence-electron chi connectivity index (χ0n) is 12.2. The fourth-order valence-electron chi connectivity index (χ4n) is 2.86. The molecule has 1 atom stereocenters. The first-order valence-corrected chi connectivity index (χ1v) is 7.56. The standard InChI is InChI=1S/C18H18ClNO/c1-3-15-17(13-9-5-7-11-16(13)21-15)18(20-2)12-8-4-6-10-14(12)19/h4-11,18,20H,3H2,1-2H3. The average molecular weight is 300 g/mol. The Morgan fingerprint density at radius 2 is 1.81 bits per heavy atom. The van der Waals surface area contributed by atoms with Crippen LogP contribution in [0.15, 0.2) is 52.9 Å². The Morgan fingerprint density at radius 3 is 2.52 bits per heavy atom. The van der Waals surface area contributed by atoms with Crippen LogP contribution in [-0.2, 0) is 6.42 Å². The van der Waals surface area contributed by atoms with Crippen molar-refractivity contribution in [3.8, 4) is 0 Å². The Hall–Kier alpha value is -1.77. The third kappa shape index (κ3) is 2.45. The molecule has 3 aromatic rings. The molecule has 3 heteroatoms. The van der Waals surface area contributed by atoms with Crippen LogP contribution in [0, 0.1) is 0 Å². The fourth-order valence-corrected chi connectivity index (χ4v) is 3.10. The second kappa shape index (κ2) is 5.92. The number of hydrogen-bond donors (Lipinski definition) is 1. The number of benzene rings is 2. The lowest BCUT2D eigenvalue weighted by molar-refractivity contribution is 0.539. The Morgan fingerprint density at radius 1 is 1.10 bits per heavy atom. The van der Waals surface area contributed by atoms with Gasteiger partial charge in [-0.1, -0.05) is 54.9 Å². The zero-order valence-corrected chi connectivity index (χ0v) is 12.9. The molecule has 1 unspecified atom stereocenters. The van der Waals surface area contributed by atoms with Gasteiger partial charge in [-0.05, 0) is 24.7 Å². The maximum atomic E-state index is 6.39. The molecular formula is C18H18ClNO. The van der Waals surface area contributed by atoms with Gasteiger partial charge in [-0.25, -0.2) is 0 Å². The van der Waals surface area contributed by atoms with E-state index >= 15 is 0 Å². The van der Waals surface area contributed by atoms with Crippen molar-refractivity contribution in [3.05, 3.63) is 70.4 Å². The molecule has 0 aliphatic heterocycles. The molecule has 0 bridgehead atoms. The monoisotopic (exact) mass is 299 g/mol. The van der Waals surface area contributed by atoms with Gasteiger partial charge in [0.15, 0.2) is 0 Å². The minimum Gasteiger partial charge on any atom is -0.461 e. The van der Waals surface area contributed by atoms with Gasteiger partial charge in [0.25, 0.3) is 0 Å². The smallest absolute Gasteiger partial charge is 0.134 e. The maximum Gasteiger partial charge on any atom is 0.134 e. The third-order valence-corrected chi connectivity index (χ3v) is 4.17. The highest BCUT2D eigenvalue weighted by molar-refractivity contribution is 6.31. The number of para-hydroxylation sites is 1. The highest BCUT2D eigenvalue weighted by atomic mass is 35.5. The van der Waals surface area contributed by atoms with E-state index in [1.165, 1.54) is 5.56 Å². The van der Waals surface area contributed by atoms with E-state index in [2.05, 4.69) is 24.4 Å². The predicted molar refractivity (Wildman–Crippen MR) is 87.9 cm³/mol. The van der Waals surface area contributed by atoms with Gasteiger partial charge in [0.2, 0.25) is 0 Å². The van der Waals surface area contributed by atoms with Gasteiger partial charge in [0.05, 0.1) is 6.04 Å². The van der Waals surface area contributed by atoms with Crippen LogP contribution in [0.3, 0.4) is 0 Å². The molecule has 0 aliphatic carbocycles. The van der Waals surface area contributed by atoms with E-state index in [-0.39, 0.29) is 6.04 Å². The molecule has 1 heterocycles. The number of rotatable bonds is 4. The Labute approximate surface area is 129 Å². The molecule has 0 radical (unpaired) electrons. The van der Waals surface area contributed by atoms with Crippen molar-refractivity contribution in [2.45, 2.75) is 19.4 Å². The van der Waals surface area contributed by atoms with Crippen LogP contribution in [0.1, 0.15) is 29.9 Å². The van der Waals surface area contributed by atoms with E-state index < -0.39 is 0 Å². The van der Waals surface area contributed by atoms with Gasteiger partial charge in [0, 0.05) is 22.4 Å². The zero-order chi connectivity index (χ0) is 14.8. The minimum absolute atomic E-state index is 0.0253. The lowest BCUT2D eigenvalue weighted by Crippen LogP contribution is -2.19. The van der Waals surface area contributed by atoms with Gasteiger partial charge in [-0.3, -0.25) is 0 Å². The molecule has 0 aliphatic rings. The van der Waals surface area contributed by atoms with E-state index in [1.54, 1.807) is 0 Å². The molecule has 3 rings (SSSR count). The van der Waals surface area contributed by atoms with Crippen LogP contribution < -0.4 is 5.32 Å². The lowest BCUT2D eigenvalue weighted by atomic mass is 9.95. The van der Waals surface area contributed by atoms with Crippen LogP contribution in [0.5, 0.6) is 0 Å². The molecule has 2 aromatic carbocycles. The molecule has 21 heavy (non-hydrogen) atoms. The van der Waals surface area contributed by atoms with E-state index in [0.717, 1.165) is 33.7 Å². The molecular weight excluding hydrogens is 282 g/mol. The summed E-state index contributed by atoms with van der Waals surface area (Å²) in [6.45, 7) is 2.11. The van der Waals surface area contributed by atoms with Crippen molar-refractivity contribution in [3.63, 3.8) is 0 Å². The van der Waals surface area contributed by atoms with Gasteiger partial charge in [-0.15, -0.1) is 0 Å². The maximum absolute atomic E-state index is 6.39. The molecule has 108 valence electrons. The van der Waals surface area contributed by atoms with Gasteiger partial charge >= 0.3 is 0 Å². The summed E-state index contributed by atoms with van der Waals surface area (Å²) >= 11 is 6.39. The number of fused-ring (bicyclic) bond motifs is 1. The van der Waals surface area contributed by atoms with Crippen LogP contribution in [0.2, 0.25) is 5.02 Å². The lowest BCUT2D eigenvalue weighted by Gasteiger charge is -2.18. The summed E-state index contributed by atoms with van der Waals surface area (Å²) in [4.78, 5) is 0. The first kappa shape index (κ1) is 14.2. The van der Waals surface area contributed by atoms with E-state index in [9.17, 15) is 0 Å². The van der Waals surface area contributed by atoms with Crippen LogP contribution in [-0.4, -0.2) is 7.05 Å². The average Bonchev–Trinajstić information content (AvgIpc) is 2.89. The summed E-state index contributed by atoms with van der Waals surface area (Å²) in [5.41, 5.74) is 3.18. The van der Waals surface area contributed by atoms with Crippen molar-refractivity contribution >= 4 is 22.6 Å². The quantitative estimate of drug-likeness (QED) is 0.737. The van der Waals surface area contributed by atoms with Gasteiger partial charge in [0.1, 0.15) is 11.3 Å². The van der Waals surface area contributed by atoms with Crippen molar-refractivity contribution in [2.24, 2.45) is 0 Å². The van der Waals surface area contributed by atoms with Crippen molar-refractivity contribution < 1.29 is 4.42 Å². The van der Waals surface area contributed by atoms with Crippen LogP contribution >= 0.6 is 11.6 Å². The Balaban J connectivity index is 2.24. The van der Waals surface area contributed by atoms with Crippen molar-refractivity contribution in [1.29, 1.82) is 0 Å². The van der Waals surface area contributed by atoms with Crippen LogP contribution in [0.4, 0.5) is 0 Å². The summed E-state index contributed by atoms with van der Waals surface area (Å²) in [6, 6.07) is 16.1. The second-order valence-electron chi connectivity index (χ2n) is 5.03. The number of halogens is 1. The van der Waals surface area contributed by atoms with Crippen molar-refractivity contribution in [1.82, 2.24) is 5.32 Å². The number of furan rings is 1. The molecule has 1 aromatic heterocycles. The first-order chi connectivity index (χ1) is 10.3. The SMILES string of the molecule is CCc1oc2ccccc2c1C(NC)c1ccccc1Cl. The fraction of sp³-hybridized carbons (Fsp3) is 0.222. The molecule has 1 N–H and O–H groups in total. The number of aryl methyl sites for hydroxylation is 1. The molecule has 2 nitrogen and oxygen atoms in total. The summed E-state index contributed by atoms with van der Waals surface area (Å²) < 4.78 is 6.01. The van der Waals surface area contributed by atoms with E-state index in [0.29, 0.717) is 0 Å². The number of nitrogens with one attached hydrogen (secondary N) is 1. The van der Waals surface area contributed by atoms with Gasteiger partial charge < -0.3 is 9.73 Å². The Kier molecular flexibility index (Phi) is 4.00. The topological polar surface area (TPSA) is 25.2 Å². The molecule has 0 fully saturated rings. The van der Waals surface area contributed by atoms with Crippen LogP contribution in [0.25, 0.3) is 11.0 Å². The molecule has 0 spiro atoms. The molecule has 0 amide bonds. The summed E-state index contributed by atoms with van der Waals surface area (Å²) in [7, 11) is 1.95. The van der Waals surface area contributed by atoms with E-state index in [4.69, 9.17) is 16.0 Å². The summed E-state index contributed by atoms with van der Waals surface area (Å²) in [6.07, 6.45) is 0.854.